The van der Waals surface area contributed by atoms with Crippen LogP contribution in [0.1, 0.15) is 12.0 Å². The van der Waals surface area contributed by atoms with Crippen molar-refractivity contribution in [2.24, 2.45) is 0 Å². The van der Waals surface area contributed by atoms with Crippen molar-refractivity contribution in [2.75, 3.05) is 18.6 Å². The second-order valence-corrected chi connectivity index (χ2v) is 4.94. The van der Waals surface area contributed by atoms with Gasteiger partial charge in [-0.2, -0.15) is 11.8 Å². The van der Waals surface area contributed by atoms with Crippen molar-refractivity contribution in [3.8, 4) is 5.75 Å². The van der Waals surface area contributed by atoms with E-state index in [-0.39, 0.29) is 0 Å². The third-order valence-corrected chi connectivity index (χ3v) is 3.82. The molecule has 1 heterocycles. The Bertz CT molecular complexity index is 310. The van der Waals surface area contributed by atoms with Crippen LogP contribution in [-0.2, 0) is 6.54 Å². The molecule has 0 radical (unpaired) electrons. The first-order valence-electron chi connectivity index (χ1n) is 5.32. The molecular formula is C12H17NOS. The fourth-order valence-corrected chi connectivity index (χ4v) is 2.93. The van der Waals surface area contributed by atoms with E-state index in [1.807, 2.05) is 23.9 Å². The molecule has 1 unspecified atom stereocenters. The molecule has 0 aliphatic carbocycles. The molecular weight excluding hydrogens is 206 g/mol. The summed E-state index contributed by atoms with van der Waals surface area (Å²) in [6, 6.07) is 8.95. The zero-order valence-electron chi connectivity index (χ0n) is 9.03. The molecule has 2 rings (SSSR count). The van der Waals surface area contributed by atoms with E-state index in [0.29, 0.717) is 6.04 Å². The van der Waals surface area contributed by atoms with Crippen LogP contribution in [0.4, 0.5) is 0 Å². The average molecular weight is 223 g/mol. The number of methoxy groups -OCH3 is 1. The van der Waals surface area contributed by atoms with Gasteiger partial charge in [0.1, 0.15) is 5.75 Å². The molecule has 2 nitrogen and oxygen atoms in total. The highest BCUT2D eigenvalue weighted by Crippen LogP contribution is 2.18. The lowest BCUT2D eigenvalue weighted by Crippen LogP contribution is -2.27. The topological polar surface area (TPSA) is 21.3 Å². The molecule has 0 saturated carbocycles. The normalized spacial score (nSPS) is 20.5. The smallest absolute Gasteiger partial charge is 0.119 e. The van der Waals surface area contributed by atoms with Crippen LogP contribution >= 0.6 is 11.8 Å². The molecule has 0 aromatic heterocycles. The molecule has 0 amide bonds. The summed E-state index contributed by atoms with van der Waals surface area (Å²) >= 11 is 2.04. The van der Waals surface area contributed by atoms with Gasteiger partial charge in [0.25, 0.3) is 0 Å². The first kappa shape index (κ1) is 10.8. The number of rotatable bonds is 4. The van der Waals surface area contributed by atoms with E-state index in [9.17, 15) is 0 Å². The van der Waals surface area contributed by atoms with Crippen LogP contribution in [-0.4, -0.2) is 24.7 Å². The Hall–Kier alpha value is -0.670. The fourth-order valence-electron chi connectivity index (χ4n) is 1.74. The zero-order valence-corrected chi connectivity index (χ0v) is 9.85. The van der Waals surface area contributed by atoms with Crippen molar-refractivity contribution in [1.29, 1.82) is 0 Å². The lowest BCUT2D eigenvalue weighted by Gasteiger charge is -2.11. The highest BCUT2D eigenvalue weighted by Gasteiger charge is 2.14. The maximum absolute atomic E-state index is 5.19. The third kappa shape index (κ3) is 3.14. The molecule has 15 heavy (non-hydrogen) atoms. The lowest BCUT2D eigenvalue weighted by atomic mass is 10.2. The van der Waals surface area contributed by atoms with Crippen LogP contribution in [0.3, 0.4) is 0 Å². The Balaban J connectivity index is 1.86. The van der Waals surface area contributed by atoms with Crippen LogP contribution in [0.25, 0.3) is 0 Å². The quantitative estimate of drug-likeness (QED) is 0.846. The van der Waals surface area contributed by atoms with Gasteiger partial charge in [-0.05, 0) is 29.9 Å². The third-order valence-electron chi connectivity index (χ3n) is 2.66. The maximum Gasteiger partial charge on any atom is 0.119 e. The fraction of sp³-hybridized carbons (Fsp3) is 0.500. The Morgan fingerprint density at radius 1 is 1.53 bits per heavy atom. The number of thioether (sulfide) groups is 1. The first-order valence-corrected chi connectivity index (χ1v) is 6.48. The maximum atomic E-state index is 5.19. The van der Waals surface area contributed by atoms with Gasteiger partial charge in [0.2, 0.25) is 0 Å². The first-order chi connectivity index (χ1) is 7.38. The Kier molecular flexibility index (Phi) is 3.92. The highest BCUT2D eigenvalue weighted by molar-refractivity contribution is 7.99. The summed E-state index contributed by atoms with van der Waals surface area (Å²) in [5.74, 6) is 3.50. The van der Waals surface area contributed by atoms with Gasteiger partial charge in [-0.1, -0.05) is 12.1 Å². The molecule has 1 aromatic rings. The van der Waals surface area contributed by atoms with Crippen molar-refractivity contribution >= 4 is 11.8 Å². The standard InChI is InChI=1S/C12H17NOS/c1-14-12-4-2-3-10(7-12)8-13-11-5-6-15-9-11/h2-4,7,11,13H,5-6,8-9H2,1H3. The lowest BCUT2D eigenvalue weighted by molar-refractivity contribution is 0.414. The van der Waals surface area contributed by atoms with E-state index in [4.69, 9.17) is 4.74 Å². The van der Waals surface area contributed by atoms with Crippen molar-refractivity contribution in [2.45, 2.75) is 19.0 Å². The van der Waals surface area contributed by atoms with E-state index in [1.165, 1.54) is 23.5 Å². The molecule has 1 aliphatic heterocycles. The molecule has 1 N–H and O–H groups in total. The minimum Gasteiger partial charge on any atom is -0.497 e. The Labute approximate surface area is 95.4 Å². The molecule has 3 heteroatoms. The number of nitrogens with one attached hydrogen (secondary N) is 1. The highest BCUT2D eigenvalue weighted by atomic mass is 32.2. The van der Waals surface area contributed by atoms with Gasteiger partial charge in [-0.3, -0.25) is 0 Å². The van der Waals surface area contributed by atoms with Gasteiger partial charge in [-0.15, -0.1) is 0 Å². The minimum absolute atomic E-state index is 0.696. The predicted molar refractivity (Wildman–Crippen MR) is 65.6 cm³/mol. The molecule has 82 valence electrons. The second kappa shape index (κ2) is 5.42. The molecule has 0 bridgehead atoms. The second-order valence-electron chi connectivity index (χ2n) is 3.79. The van der Waals surface area contributed by atoms with Gasteiger partial charge in [0.15, 0.2) is 0 Å². The Morgan fingerprint density at radius 3 is 3.20 bits per heavy atom. The van der Waals surface area contributed by atoms with Gasteiger partial charge >= 0.3 is 0 Å². The molecule has 1 atom stereocenters. The number of ether oxygens (including phenoxy) is 1. The van der Waals surface area contributed by atoms with Crippen molar-refractivity contribution < 1.29 is 4.74 Å². The van der Waals surface area contributed by atoms with Crippen molar-refractivity contribution in [3.05, 3.63) is 29.8 Å². The molecule has 1 aliphatic rings. The van der Waals surface area contributed by atoms with Gasteiger partial charge in [-0.25, -0.2) is 0 Å². The summed E-state index contributed by atoms with van der Waals surface area (Å²) in [7, 11) is 1.71. The van der Waals surface area contributed by atoms with Crippen LogP contribution in [0.15, 0.2) is 24.3 Å². The molecule has 1 aromatic carbocycles. The summed E-state index contributed by atoms with van der Waals surface area (Å²) < 4.78 is 5.19. The molecule has 0 spiro atoms. The van der Waals surface area contributed by atoms with Gasteiger partial charge < -0.3 is 10.1 Å². The summed E-state index contributed by atoms with van der Waals surface area (Å²) in [5.41, 5.74) is 1.30. The summed E-state index contributed by atoms with van der Waals surface area (Å²) in [6.45, 7) is 0.947. The van der Waals surface area contributed by atoms with E-state index in [1.54, 1.807) is 7.11 Å². The summed E-state index contributed by atoms with van der Waals surface area (Å²) in [4.78, 5) is 0. The monoisotopic (exact) mass is 223 g/mol. The number of hydrogen-bond acceptors (Lipinski definition) is 3. The van der Waals surface area contributed by atoms with Crippen LogP contribution in [0.5, 0.6) is 5.75 Å². The molecule has 1 fully saturated rings. The number of hydrogen-bond donors (Lipinski definition) is 1. The van der Waals surface area contributed by atoms with Crippen LogP contribution in [0, 0.1) is 0 Å². The zero-order chi connectivity index (χ0) is 10.5. The van der Waals surface area contributed by atoms with E-state index in [2.05, 4.69) is 17.4 Å². The minimum atomic E-state index is 0.696. The van der Waals surface area contributed by atoms with E-state index < -0.39 is 0 Å². The predicted octanol–water partition coefficient (Wildman–Crippen LogP) is 2.29. The summed E-state index contributed by atoms with van der Waals surface area (Å²) in [5, 5.41) is 3.57. The van der Waals surface area contributed by atoms with Crippen molar-refractivity contribution in [1.82, 2.24) is 5.32 Å². The Morgan fingerprint density at radius 2 is 2.47 bits per heavy atom. The number of benzene rings is 1. The summed E-state index contributed by atoms with van der Waals surface area (Å²) in [6.07, 6.45) is 1.30. The SMILES string of the molecule is COc1cccc(CNC2CCSC2)c1. The van der Waals surface area contributed by atoms with Crippen molar-refractivity contribution in [3.63, 3.8) is 0 Å². The molecule has 1 saturated heterocycles. The largest absolute Gasteiger partial charge is 0.497 e. The average Bonchev–Trinajstić information content (AvgIpc) is 2.79. The van der Waals surface area contributed by atoms with E-state index >= 15 is 0 Å². The van der Waals surface area contributed by atoms with Gasteiger partial charge in [0, 0.05) is 18.3 Å². The van der Waals surface area contributed by atoms with Crippen LogP contribution in [0.2, 0.25) is 0 Å². The van der Waals surface area contributed by atoms with E-state index in [0.717, 1.165) is 12.3 Å². The van der Waals surface area contributed by atoms with Crippen LogP contribution < -0.4 is 10.1 Å². The van der Waals surface area contributed by atoms with Gasteiger partial charge in [0.05, 0.1) is 7.11 Å².